The summed E-state index contributed by atoms with van der Waals surface area (Å²) in [5.41, 5.74) is 6.53. The molecule has 0 saturated carbocycles. The molecule has 0 radical (unpaired) electrons. The molecule has 1 unspecified atom stereocenters. The van der Waals surface area contributed by atoms with Crippen molar-refractivity contribution in [1.82, 2.24) is 0 Å². The standard InChI is InChI=1S/C12H18BNO4.ClH/c1-12(8-14)9-4-2-5-10(17-7-3-6-15)11(9)13(16)18-12;/h2,4-5,15-16H,3,6-8,14H2,1H3;1H. The minimum atomic E-state index is -1.01. The van der Waals surface area contributed by atoms with Gasteiger partial charge < -0.3 is 25.3 Å². The molecule has 0 fully saturated rings. The summed E-state index contributed by atoms with van der Waals surface area (Å²) in [7, 11) is -1.01. The molecule has 1 aliphatic heterocycles. The number of aliphatic hydroxyl groups is 1. The third-order valence-electron chi connectivity index (χ3n) is 3.20. The third-order valence-corrected chi connectivity index (χ3v) is 3.20. The smallest absolute Gasteiger partial charge is 0.494 e. The van der Waals surface area contributed by atoms with E-state index in [1.165, 1.54) is 0 Å². The first-order chi connectivity index (χ1) is 8.62. The highest BCUT2D eigenvalue weighted by molar-refractivity contribution is 6.63. The van der Waals surface area contributed by atoms with Crippen molar-refractivity contribution < 1.29 is 19.5 Å². The lowest BCUT2D eigenvalue weighted by Crippen LogP contribution is -2.33. The van der Waals surface area contributed by atoms with Crippen LogP contribution < -0.4 is 15.9 Å². The fourth-order valence-corrected chi connectivity index (χ4v) is 2.16. The molecule has 106 valence electrons. The van der Waals surface area contributed by atoms with Crippen LogP contribution in [0.2, 0.25) is 0 Å². The largest absolute Gasteiger partial charge is 0.496 e. The normalized spacial score (nSPS) is 20.9. The molecule has 1 heterocycles. The molecule has 0 aromatic heterocycles. The quantitative estimate of drug-likeness (QED) is 0.514. The van der Waals surface area contributed by atoms with E-state index in [-0.39, 0.29) is 25.6 Å². The Bertz CT molecular complexity index is 434. The van der Waals surface area contributed by atoms with Gasteiger partial charge in [0.25, 0.3) is 0 Å². The van der Waals surface area contributed by atoms with Crippen LogP contribution in [0.15, 0.2) is 18.2 Å². The van der Waals surface area contributed by atoms with Gasteiger partial charge in [-0.3, -0.25) is 0 Å². The number of benzene rings is 1. The molecule has 5 nitrogen and oxygen atoms in total. The Kier molecular flexibility index (Phi) is 5.64. The summed E-state index contributed by atoms with van der Waals surface area (Å²) in [5, 5.41) is 18.7. The highest BCUT2D eigenvalue weighted by Gasteiger charge is 2.44. The first-order valence-electron chi connectivity index (χ1n) is 6.05. The van der Waals surface area contributed by atoms with Gasteiger partial charge in [-0.25, -0.2) is 0 Å². The van der Waals surface area contributed by atoms with Crippen LogP contribution in [0, 0.1) is 0 Å². The Morgan fingerprint density at radius 1 is 1.47 bits per heavy atom. The zero-order chi connectivity index (χ0) is 13.2. The summed E-state index contributed by atoms with van der Waals surface area (Å²) in [6.45, 7) is 2.62. The van der Waals surface area contributed by atoms with Crippen molar-refractivity contribution in [1.29, 1.82) is 0 Å². The molecule has 0 saturated heterocycles. The molecular weight excluding hydrogens is 268 g/mol. The van der Waals surface area contributed by atoms with E-state index < -0.39 is 12.7 Å². The zero-order valence-corrected chi connectivity index (χ0v) is 11.7. The van der Waals surface area contributed by atoms with Crippen LogP contribution in [-0.2, 0) is 10.3 Å². The highest BCUT2D eigenvalue weighted by Crippen LogP contribution is 2.32. The average Bonchev–Trinajstić information content (AvgIpc) is 2.64. The van der Waals surface area contributed by atoms with E-state index in [0.717, 1.165) is 5.56 Å². The van der Waals surface area contributed by atoms with E-state index in [2.05, 4.69) is 0 Å². The zero-order valence-electron chi connectivity index (χ0n) is 10.8. The molecule has 1 atom stereocenters. The second kappa shape index (κ2) is 6.59. The van der Waals surface area contributed by atoms with Crippen LogP contribution in [0.1, 0.15) is 18.9 Å². The lowest BCUT2D eigenvalue weighted by molar-refractivity contribution is 0.0893. The van der Waals surface area contributed by atoms with Gasteiger partial charge in [0.15, 0.2) is 0 Å². The van der Waals surface area contributed by atoms with E-state index in [1.54, 1.807) is 6.07 Å². The molecule has 4 N–H and O–H groups in total. The van der Waals surface area contributed by atoms with Gasteiger partial charge >= 0.3 is 7.12 Å². The van der Waals surface area contributed by atoms with Crippen molar-refractivity contribution in [2.45, 2.75) is 18.9 Å². The Hall–Kier alpha value is -0.785. The van der Waals surface area contributed by atoms with Crippen molar-refractivity contribution in [3.63, 3.8) is 0 Å². The number of aliphatic hydroxyl groups excluding tert-OH is 1. The van der Waals surface area contributed by atoms with Crippen molar-refractivity contribution >= 4 is 25.0 Å². The summed E-state index contributed by atoms with van der Waals surface area (Å²) >= 11 is 0. The lowest BCUT2D eigenvalue weighted by atomic mass is 9.77. The maximum absolute atomic E-state index is 9.98. The minimum Gasteiger partial charge on any atom is -0.494 e. The van der Waals surface area contributed by atoms with Gasteiger partial charge in [0.1, 0.15) is 5.75 Å². The first-order valence-corrected chi connectivity index (χ1v) is 6.05. The fraction of sp³-hybridized carbons (Fsp3) is 0.500. The molecule has 0 spiro atoms. The maximum atomic E-state index is 9.98. The summed E-state index contributed by atoms with van der Waals surface area (Å²) in [5.74, 6) is 0.589. The summed E-state index contributed by atoms with van der Waals surface area (Å²) in [4.78, 5) is 0. The van der Waals surface area contributed by atoms with Crippen molar-refractivity contribution in [2.24, 2.45) is 5.73 Å². The van der Waals surface area contributed by atoms with Crippen LogP contribution in [0.5, 0.6) is 5.75 Å². The van der Waals surface area contributed by atoms with E-state index in [1.807, 2.05) is 19.1 Å². The van der Waals surface area contributed by atoms with Crippen molar-refractivity contribution in [2.75, 3.05) is 19.8 Å². The molecule has 0 amide bonds. The number of fused-ring (bicyclic) bond motifs is 1. The molecule has 0 aliphatic carbocycles. The van der Waals surface area contributed by atoms with E-state index in [9.17, 15) is 5.02 Å². The van der Waals surface area contributed by atoms with Crippen LogP contribution in [0.25, 0.3) is 0 Å². The number of halogens is 1. The molecule has 7 heteroatoms. The van der Waals surface area contributed by atoms with Gasteiger partial charge in [0, 0.05) is 25.0 Å². The summed E-state index contributed by atoms with van der Waals surface area (Å²) in [6.07, 6.45) is 0.550. The van der Waals surface area contributed by atoms with Crippen molar-refractivity contribution in [3.05, 3.63) is 23.8 Å². The SMILES string of the molecule is CC1(CN)OB(O)c2c(OCCCO)cccc21.Cl. The Labute approximate surface area is 119 Å². The predicted octanol–water partition coefficient (Wildman–Crippen LogP) is -0.239. The molecular formula is C12H19BClNO4. The van der Waals surface area contributed by atoms with E-state index >= 15 is 0 Å². The molecule has 1 aliphatic rings. The van der Waals surface area contributed by atoms with Gasteiger partial charge in [0.2, 0.25) is 0 Å². The first kappa shape index (κ1) is 16.3. The average molecular weight is 288 g/mol. The van der Waals surface area contributed by atoms with E-state index in [0.29, 0.717) is 24.2 Å². The summed E-state index contributed by atoms with van der Waals surface area (Å²) in [6, 6.07) is 5.52. The lowest BCUT2D eigenvalue weighted by Gasteiger charge is -2.23. The van der Waals surface area contributed by atoms with Crippen LogP contribution in [0.4, 0.5) is 0 Å². The second-order valence-electron chi connectivity index (χ2n) is 4.55. The third kappa shape index (κ3) is 3.04. The highest BCUT2D eigenvalue weighted by atomic mass is 35.5. The molecule has 1 aromatic carbocycles. The molecule has 2 rings (SSSR count). The number of ether oxygens (including phenoxy) is 1. The number of rotatable bonds is 5. The van der Waals surface area contributed by atoms with Gasteiger partial charge in [-0.1, -0.05) is 12.1 Å². The Morgan fingerprint density at radius 3 is 2.84 bits per heavy atom. The number of hydrogen-bond donors (Lipinski definition) is 3. The second-order valence-corrected chi connectivity index (χ2v) is 4.55. The Balaban J connectivity index is 0.00000180. The van der Waals surface area contributed by atoms with Crippen molar-refractivity contribution in [3.8, 4) is 5.75 Å². The van der Waals surface area contributed by atoms with Crippen LogP contribution in [-0.4, -0.2) is 37.0 Å². The topological polar surface area (TPSA) is 84.9 Å². The monoisotopic (exact) mass is 287 g/mol. The maximum Gasteiger partial charge on any atom is 0.496 e. The molecule has 19 heavy (non-hydrogen) atoms. The molecule has 0 bridgehead atoms. The molecule has 1 aromatic rings. The fourth-order valence-electron chi connectivity index (χ4n) is 2.16. The number of nitrogens with two attached hydrogens (primary N) is 1. The predicted molar refractivity (Wildman–Crippen MR) is 76.0 cm³/mol. The van der Waals surface area contributed by atoms with Gasteiger partial charge in [0.05, 0.1) is 12.2 Å². The van der Waals surface area contributed by atoms with Crippen LogP contribution >= 0.6 is 12.4 Å². The van der Waals surface area contributed by atoms with Gasteiger partial charge in [-0.2, -0.15) is 0 Å². The van der Waals surface area contributed by atoms with Gasteiger partial charge in [-0.05, 0) is 18.6 Å². The Morgan fingerprint density at radius 2 is 2.21 bits per heavy atom. The minimum absolute atomic E-state index is 0. The van der Waals surface area contributed by atoms with E-state index in [4.69, 9.17) is 20.2 Å². The van der Waals surface area contributed by atoms with Crippen LogP contribution in [0.3, 0.4) is 0 Å². The van der Waals surface area contributed by atoms with Gasteiger partial charge in [-0.15, -0.1) is 12.4 Å². The summed E-state index contributed by atoms with van der Waals surface area (Å²) < 4.78 is 11.1. The number of hydrogen-bond acceptors (Lipinski definition) is 5.